The van der Waals surface area contributed by atoms with E-state index in [1.54, 1.807) is 0 Å². The minimum Gasteiger partial charge on any atom is -0.504 e. The highest BCUT2D eigenvalue weighted by molar-refractivity contribution is 5.71. The predicted molar refractivity (Wildman–Crippen MR) is 57.9 cm³/mol. The van der Waals surface area contributed by atoms with Crippen LogP contribution < -0.4 is 0 Å². The van der Waals surface area contributed by atoms with E-state index in [2.05, 4.69) is 0 Å². The lowest BCUT2D eigenvalue weighted by molar-refractivity contribution is -0.141. The van der Waals surface area contributed by atoms with Crippen molar-refractivity contribution in [3.8, 4) is 11.5 Å². The summed E-state index contributed by atoms with van der Waals surface area (Å²) in [6.07, 6.45) is -4.75. The number of aliphatic carboxylic acids is 1. The van der Waals surface area contributed by atoms with E-state index in [1.807, 2.05) is 0 Å². The molecule has 0 heterocycles. The Bertz CT molecular complexity index is 533. The lowest BCUT2D eigenvalue weighted by Crippen LogP contribution is -2.19. The van der Waals surface area contributed by atoms with Crippen LogP contribution in [0.15, 0.2) is 12.1 Å². The first-order valence-corrected chi connectivity index (χ1v) is 5.52. The summed E-state index contributed by atoms with van der Waals surface area (Å²) in [6, 6.07) is 1.41. The number of carboxylic acid groups (broad SMARTS) is 1. The van der Waals surface area contributed by atoms with E-state index in [9.17, 15) is 28.2 Å². The van der Waals surface area contributed by atoms with Gasteiger partial charge < -0.3 is 15.3 Å². The first-order valence-electron chi connectivity index (χ1n) is 5.52. The molecule has 0 aliphatic heterocycles. The second-order valence-corrected chi connectivity index (χ2v) is 4.70. The zero-order chi connectivity index (χ0) is 14.4. The number of hydrogen-bond acceptors (Lipinski definition) is 3. The minimum atomic E-state index is -4.71. The number of halogens is 3. The molecule has 1 saturated carbocycles. The van der Waals surface area contributed by atoms with Gasteiger partial charge in [-0.2, -0.15) is 13.2 Å². The second kappa shape index (κ2) is 4.04. The van der Waals surface area contributed by atoms with Crippen LogP contribution in [0.1, 0.15) is 30.4 Å². The number of phenols is 2. The van der Waals surface area contributed by atoms with Crippen LogP contribution in [-0.4, -0.2) is 21.3 Å². The normalized spacial score (nSPS) is 17.2. The number of benzene rings is 1. The first kappa shape index (κ1) is 13.5. The molecule has 104 valence electrons. The molecule has 0 spiro atoms. The van der Waals surface area contributed by atoms with Crippen molar-refractivity contribution < 1.29 is 33.3 Å². The number of carboxylic acids is 1. The van der Waals surface area contributed by atoms with Gasteiger partial charge in [-0.05, 0) is 25.0 Å². The molecule has 3 N–H and O–H groups in total. The summed E-state index contributed by atoms with van der Waals surface area (Å²) in [6.45, 7) is 0. The van der Waals surface area contributed by atoms with Crippen LogP contribution in [0, 0.1) is 0 Å². The Morgan fingerprint density at radius 3 is 2.26 bits per heavy atom. The number of alkyl halides is 3. The molecule has 0 amide bonds. The van der Waals surface area contributed by atoms with E-state index in [1.165, 1.54) is 0 Å². The van der Waals surface area contributed by atoms with Gasteiger partial charge in [-0.3, -0.25) is 4.79 Å². The molecule has 7 heteroatoms. The molecule has 0 atom stereocenters. The largest absolute Gasteiger partial charge is 0.504 e. The Balaban J connectivity index is 2.61. The summed E-state index contributed by atoms with van der Waals surface area (Å²) in [5, 5.41) is 27.8. The smallest absolute Gasteiger partial charge is 0.416 e. The number of aromatic hydroxyl groups is 2. The molecule has 19 heavy (non-hydrogen) atoms. The molecule has 1 aliphatic carbocycles. The van der Waals surface area contributed by atoms with Gasteiger partial charge in [0.05, 0.1) is 12.0 Å². The highest BCUT2D eigenvalue weighted by atomic mass is 19.4. The molecule has 0 saturated heterocycles. The quantitative estimate of drug-likeness (QED) is 0.741. The van der Waals surface area contributed by atoms with E-state index in [0.29, 0.717) is 6.07 Å². The monoisotopic (exact) mass is 276 g/mol. The molecule has 2 rings (SSSR count). The molecule has 1 aromatic rings. The van der Waals surface area contributed by atoms with Gasteiger partial charge in [0, 0.05) is 11.0 Å². The third-order valence-corrected chi connectivity index (χ3v) is 3.34. The van der Waals surface area contributed by atoms with Crippen molar-refractivity contribution in [2.24, 2.45) is 0 Å². The van der Waals surface area contributed by atoms with Crippen LogP contribution in [0.5, 0.6) is 11.5 Å². The molecule has 1 fully saturated rings. The Morgan fingerprint density at radius 2 is 1.84 bits per heavy atom. The highest BCUT2D eigenvalue weighted by Gasteiger charge is 2.52. The van der Waals surface area contributed by atoms with Crippen LogP contribution in [0.4, 0.5) is 13.2 Å². The maximum atomic E-state index is 12.9. The summed E-state index contributed by atoms with van der Waals surface area (Å²) in [5.74, 6) is -2.80. The molecule has 0 bridgehead atoms. The van der Waals surface area contributed by atoms with E-state index in [0.717, 1.165) is 6.07 Å². The van der Waals surface area contributed by atoms with Crippen molar-refractivity contribution in [3.05, 3.63) is 23.3 Å². The molecule has 1 aromatic carbocycles. The van der Waals surface area contributed by atoms with Crippen molar-refractivity contribution >= 4 is 5.97 Å². The van der Waals surface area contributed by atoms with Gasteiger partial charge in [0.25, 0.3) is 0 Å². The summed E-state index contributed by atoms with van der Waals surface area (Å²) in [5.41, 5.74) is -2.84. The first-order chi connectivity index (χ1) is 8.67. The summed E-state index contributed by atoms with van der Waals surface area (Å²) in [4.78, 5) is 10.8. The van der Waals surface area contributed by atoms with Crippen molar-refractivity contribution in [3.63, 3.8) is 0 Å². The van der Waals surface area contributed by atoms with Gasteiger partial charge >= 0.3 is 12.1 Å². The summed E-state index contributed by atoms with van der Waals surface area (Å²) < 4.78 is 38.7. The van der Waals surface area contributed by atoms with E-state index >= 15 is 0 Å². The third-order valence-electron chi connectivity index (χ3n) is 3.34. The van der Waals surface area contributed by atoms with Gasteiger partial charge in [-0.1, -0.05) is 0 Å². The Morgan fingerprint density at radius 1 is 1.26 bits per heavy atom. The minimum absolute atomic E-state index is 0.236. The Labute approximate surface area is 106 Å². The molecule has 0 radical (unpaired) electrons. The number of hydrogen-bond donors (Lipinski definition) is 3. The van der Waals surface area contributed by atoms with E-state index in [-0.39, 0.29) is 12.8 Å². The molecule has 1 aliphatic rings. The van der Waals surface area contributed by atoms with Crippen LogP contribution in [0.25, 0.3) is 0 Å². The van der Waals surface area contributed by atoms with Crippen LogP contribution >= 0.6 is 0 Å². The van der Waals surface area contributed by atoms with Crippen LogP contribution in [0.2, 0.25) is 0 Å². The fraction of sp³-hybridized carbons (Fsp3) is 0.417. The average Bonchev–Trinajstić information content (AvgIpc) is 2.99. The maximum absolute atomic E-state index is 12.9. The lowest BCUT2D eigenvalue weighted by atomic mass is 9.87. The third kappa shape index (κ3) is 2.32. The SMILES string of the molecule is O=C(O)CC1(c2c(C(F)(F)F)ccc(O)c2O)CC1. The Kier molecular flexibility index (Phi) is 2.87. The average molecular weight is 276 g/mol. The zero-order valence-corrected chi connectivity index (χ0v) is 9.66. The molecule has 0 aromatic heterocycles. The molecule has 0 unspecified atom stereocenters. The predicted octanol–water partition coefficient (Wildman–Crippen LogP) is 2.62. The van der Waals surface area contributed by atoms with Gasteiger partial charge in [-0.25, -0.2) is 0 Å². The molecule has 4 nitrogen and oxygen atoms in total. The van der Waals surface area contributed by atoms with Crippen molar-refractivity contribution in [2.45, 2.75) is 30.9 Å². The number of phenolic OH excluding ortho intramolecular Hbond substituents is 2. The fourth-order valence-electron chi connectivity index (χ4n) is 2.31. The van der Waals surface area contributed by atoms with Crippen molar-refractivity contribution in [1.82, 2.24) is 0 Å². The summed E-state index contributed by atoms with van der Waals surface area (Å²) >= 11 is 0. The van der Waals surface area contributed by atoms with Gasteiger partial charge in [0.2, 0.25) is 0 Å². The number of carbonyl (C=O) groups is 1. The van der Waals surface area contributed by atoms with Gasteiger partial charge in [-0.15, -0.1) is 0 Å². The van der Waals surface area contributed by atoms with Crippen molar-refractivity contribution in [1.29, 1.82) is 0 Å². The second-order valence-electron chi connectivity index (χ2n) is 4.70. The molecular weight excluding hydrogens is 265 g/mol. The summed E-state index contributed by atoms with van der Waals surface area (Å²) in [7, 11) is 0. The fourth-order valence-corrected chi connectivity index (χ4v) is 2.31. The number of rotatable bonds is 3. The van der Waals surface area contributed by atoms with Crippen LogP contribution in [-0.2, 0) is 16.4 Å². The highest BCUT2D eigenvalue weighted by Crippen LogP contribution is 2.58. The van der Waals surface area contributed by atoms with Gasteiger partial charge in [0.15, 0.2) is 11.5 Å². The Hall–Kier alpha value is -1.92. The van der Waals surface area contributed by atoms with Gasteiger partial charge in [0.1, 0.15) is 0 Å². The lowest BCUT2D eigenvalue weighted by Gasteiger charge is -2.21. The van der Waals surface area contributed by atoms with E-state index in [4.69, 9.17) is 5.11 Å². The van der Waals surface area contributed by atoms with Crippen LogP contribution in [0.3, 0.4) is 0 Å². The zero-order valence-electron chi connectivity index (χ0n) is 9.66. The maximum Gasteiger partial charge on any atom is 0.416 e. The topological polar surface area (TPSA) is 77.8 Å². The van der Waals surface area contributed by atoms with Crippen molar-refractivity contribution in [2.75, 3.05) is 0 Å². The standard InChI is InChI=1S/C12H11F3O4/c13-12(14,15)6-1-2-7(16)10(19)9(6)11(3-4-11)5-8(17)18/h1-2,16,19H,3-5H2,(H,17,18). The van der Waals surface area contributed by atoms with E-state index < -0.39 is 46.6 Å². The molecular formula is C12H11F3O4.